The van der Waals surface area contributed by atoms with E-state index in [4.69, 9.17) is 4.74 Å². The average molecular weight is 337 g/mol. The van der Waals surface area contributed by atoms with Crippen LogP contribution in [0, 0.1) is 0 Å². The summed E-state index contributed by atoms with van der Waals surface area (Å²) in [6.07, 6.45) is -4.29. The average Bonchev–Trinajstić information content (AvgIpc) is 2.55. The summed E-state index contributed by atoms with van der Waals surface area (Å²) in [5.74, 6) is -0.370. The van der Waals surface area contributed by atoms with Gasteiger partial charge in [0.05, 0.1) is 24.6 Å². The largest absolute Gasteiger partial charge is 0.466 e. The second kappa shape index (κ2) is 7.86. The maximum atomic E-state index is 12.6. The van der Waals surface area contributed by atoms with E-state index >= 15 is 0 Å². The van der Waals surface area contributed by atoms with E-state index in [1.807, 2.05) is 30.3 Å². The predicted molar refractivity (Wildman–Crippen MR) is 85.5 cm³/mol. The Balaban J connectivity index is 2.17. The zero-order valence-electron chi connectivity index (χ0n) is 13.1. The van der Waals surface area contributed by atoms with Crippen molar-refractivity contribution < 1.29 is 22.7 Å². The molecule has 0 bridgehead atoms. The first-order valence-electron chi connectivity index (χ1n) is 7.54. The van der Waals surface area contributed by atoms with Gasteiger partial charge in [-0.25, -0.2) is 0 Å². The highest BCUT2D eigenvalue weighted by atomic mass is 19.4. The third-order valence-corrected chi connectivity index (χ3v) is 3.43. The number of hydrogen-bond acceptors (Lipinski definition) is 3. The van der Waals surface area contributed by atoms with E-state index in [9.17, 15) is 18.0 Å². The van der Waals surface area contributed by atoms with E-state index in [2.05, 4.69) is 5.32 Å². The molecule has 2 aromatic rings. The van der Waals surface area contributed by atoms with Crippen molar-refractivity contribution in [2.45, 2.75) is 25.6 Å². The van der Waals surface area contributed by atoms with Crippen molar-refractivity contribution in [2.24, 2.45) is 0 Å². The summed E-state index contributed by atoms with van der Waals surface area (Å²) in [6.45, 7) is 2.00. The number of benzene rings is 2. The predicted octanol–water partition coefficient (Wildman–Crippen LogP) is 4.81. The Morgan fingerprint density at radius 2 is 1.71 bits per heavy atom. The van der Waals surface area contributed by atoms with Gasteiger partial charge in [0.1, 0.15) is 0 Å². The number of hydrogen-bond donors (Lipinski definition) is 1. The lowest BCUT2D eigenvalue weighted by Gasteiger charge is -2.20. The topological polar surface area (TPSA) is 38.3 Å². The van der Waals surface area contributed by atoms with Crippen LogP contribution in [0.15, 0.2) is 54.6 Å². The fourth-order valence-corrected chi connectivity index (χ4v) is 2.28. The van der Waals surface area contributed by atoms with Crippen LogP contribution in [-0.2, 0) is 15.7 Å². The minimum atomic E-state index is -4.37. The molecule has 2 rings (SSSR count). The summed E-state index contributed by atoms with van der Waals surface area (Å²) >= 11 is 0. The molecule has 0 heterocycles. The van der Waals surface area contributed by atoms with E-state index in [0.717, 1.165) is 17.7 Å². The van der Waals surface area contributed by atoms with Crippen LogP contribution in [0.3, 0.4) is 0 Å². The first kappa shape index (κ1) is 17.8. The van der Waals surface area contributed by atoms with E-state index in [0.29, 0.717) is 5.69 Å². The van der Waals surface area contributed by atoms with Gasteiger partial charge in [-0.1, -0.05) is 30.3 Å². The monoisotopic (exact) mass is 337 g/mol. The Kier molecular flexibility index (Phi) is 5.84. The maximum absolute atomic E-state index is 12.6. The molecule has 0 aromatic heterocycles. The van der Waals surface area contributed by atoms with Gasteiger partial charge in [-0.05, 0) is 36.8 Å². The molecule has 1 atom stereocenters. The van der Waals surface area contributed by atoms with Gasteiger partial charge in [0.2, 0.25) is 0 Å². The molecular weight excluding hydrogens is 319 g/mol. The van der Waals surface area contributed by atoms with Crippen molar-refractivity contribution in [3.05, 3.63) is 65.7 Å². The van der Waals surface area contributed by atoms with Crippen molar-refractivity contribution in [1.82, 2.24) is 0 Å². The van der Waals surface area contributed by atoms with Crippen molar-refractivity contribution >= 4 is 11.7 Å². The Morgan fingerprint density at radius 1 is 1.08 bits per heavy atom. The molecule has 128 valence electrons. The number of esters is 1. The SMILES string of the molecule is CCOC(=O)CC(Nc1ccc(C(F)(F)F)cc1)c1ccccc1. The lowest BCUT2D eigenvalue weighted by atomic mass is 10.0. The van der Waals surface area contributed by atoms with Gasteiger partial charge in [-0.2, -0.15) is 13.2 Å². The van der Waals surface area contributed by atoms with Crippen LogP contribution < -0.4 is 5.32 Å². The molecule has 0 aliphatic rings. The normalized spacial score (nSPS) is 12.5. The molecule has 0 fully saturated rings. The first-order chi connectivity index (χ1) is 11.4. The highest BCUT2D eigenvalue weighted by molar-refractivity contribution is 5.71. The number of ether oxygens (including phenoxy) is 1. The van der Waals surface area contributed by atoms with Gasteiger partial charge in [0.15, 0.2) is 0 Å². The highest BCUT2D eigenvalue weighted by Crippen LogP contribution is 2.31. The highest BCUT2D eigenvalue weighted by Gasteiger charge is 2.30. The molecule has 0 amide bonds. The summed E-state index contributed by atoms with van der Waals surface area (Å²) in [6, 6.07) is 13.5. The van der Waals surface area contributed by atoms with Crippen LogP contribution >= 0.6 is 0 Å². The van der Waals surface area contributed by atoms with Crippen LogP contribution in [0.2, 0.25) is 0 Å². The molecule has 0 aliphatic carbocycles. The fraction of sp³-hybridized carbons (Fsp3) is 0.278. The van der Waals surface area contributed by atoms with Crippen molar-refractivity contribution in [1.29, 1.82) is 0 Å². The summed E-state index contributed by atoms with van der Waals surface area (Å²) in [4.78, 5) is 11.8. The standard InChI is InChI=1S/C18H18F3NO2/c1-2-24-17(23)12-16(13-6-4-3-5-7-13)22-15-10-8-14(9-11-15)18(19,20)21/h3-11,16,22H,2,12H2,1H3. The summed E-state index contributed by atoms with van der Waals surface area (Å²) in [5.41, 5.74) is 0.640. The van der Waals surface area contributed by atoms with Crippen molar-refractivity contribution in [2.75, 3.05) is 11.9 Å². The third kappa shape index (κ3) is 5.01. The molecule has 24 heavy (non-hydrogen) atoms. The zero-order valence-corrected chi connectivity index (χ0v) is 13.1. The zero-order chi connectivity index (χ0) is 17.6. The third-order valence-electron chi connectivity index (χ3n) is 3.43. The lowest BCUT2D eigenvalue weighted by Crippen LogP contribution is -2.17. The van der Waals surface area contributed by atoms with Gasteiger partial charge in [-0.15, -0.1) is 0 Å². The number of carbonyl (C=O) groups is 1. The molecule has 0 aliphatic heterocycles. The van der Waals surface area contributed by atoms with Gasteiger partial charge >= 0.3 is 12.1 Å². The Hall–Kier alpha value is -2.50. The quantitative estimate of drug-likeness (QED) is 0.769. The molecule has 0 radical (unpaired) electrons. The van der Waals surface area contributed by atoms with Gasteiger partial charge in [-0.3, -0.25) is 4.79 Å². The molecule has 0 spiro atoms. The minimum Gasteiger partial charge on any atom is -0.466 e. The van der Waals surface area contributed by atoms with E-state index in [1.54, 1.807) is 6.92 Å². The van der Waals surface area contributed by atoms with E-state index in [1.165, 1.54) is 12.1 Å². The maximum Gasteiger partial charge on any atom is 0.416 e. The summed E-state index contributed by atoms with van der Waals surface area (Å²) in [5, 5.41) is 3.10. The summed E-state index contributed by atoms with van der Waals surface area (Å²) in [7, 11) is 0. The molecular formula is C18H18F3NO2. The number of halogens is 3. The van der Waals surface area contributed by atoms with Crippen LogP contribution in [-0.4, -0.2) is 12.6 Å². The van der Waals surface area contributed by atoms with Crippen LogP contribution in [0.1, 0.15) is 30.5 Å². The second-order valence-corrected chi connectivity index (χ2v) is 5.19. The van der Waals surface area contributed by atoms with Gasteiger partial charge in [0, 0.05) is 5.69 Å². The number of rotatable bonds is 6. The lowest BCUT2D eigenvalue weighted by molar-refractivity contribution is -0.143. The Labute approximate surface area is 138 Å². The molecule has 1 N–H and O–H groups in total. The van der Waals surface area contributed by atoms with Gasteiger partial charge < -0.3 is 10.1 Å². The number of alkyl halides is 3. The number of carbonyl (C=O) groups excluding carboxylic acids is 1. The second-order valence-electron chi connectivity index (χ2n) is 5.19. The number of nitrogens with one attached hydrogen (secondary N) is 1. The van der Waals surface area contributed by atoms with Gasteiger partial charge in [0.25, 0.3) is 0 Å². The van der Waals surface area contributed by atoms with Crippen LogP contribution in [0.25, 0.3) is 0 Å². The molecule has 0 saturated carbocycles. The smallest absolute Gasteiger partial charge is 0.416 e. The minimum absolute atomic E-state index is 0.0822. The molecule has 3 nitrogen and oxygen atoms in total. The Morgan fingerprint density at radius 3 is 2.25 bits per heavy atom. The van der Waals surface area contributed by atoms with Crippen LogP contribution in [0.5, 0.6) is 0 Å². The van der Waals surface area contributed by atoms with E-state index in [-0.39, 0.29) is 25.0 Å². The molecule has 6 heteroatoms. The number of anilines is 1. The molecule has 1 unspecified atom stereocenters. The molecule has 2 aromatic carbocycles. The Bertz CT molecular complexity index is 654. The van der Waals surface area contributed by atoms with Crippen molar-refractivity contribution in [3.63, 3.8) is 0 Å². The van der Waals surface area contributed by atoms with Crippen molar-refractivity contribution in [3.8, 4) is 0 Å². The molecule has 0 saturated heterocycles. The van der Waals surface area contributed by atoms with E-state index < -0.39 is 11.7 Å². The first-order valence-corrected chi connectivity index (χ1v) is 7.54. The van der Waals surface area contributed by atoms with Crippen LogP contribution in [0.4, 0.5) is 18.9 Å². The fourth-order valence-electron chi connectivity index (χ4n) is 2.28. The summed E-state index contributed by atoms with van der Waals surface area (Å²) < 4.78 is 42.8.